The molecule has 104 valence electrons. The summed E-state index contributed by atoms with van der Waals surface area (Å²) < 4.78 is 20.9. The van der Waals surface area contributed by atoms with Crippen molar-refractivity contribution < 1.29 is 9.13 Å². The van der Waals surface area contributed by atoms with Gasteiger partial charge in [0.1, 0.15) is 11.6 Å². The number of rotatable bonds is 5. The van der Waals surface area contributed by atoms with E-state index in [-0.39, 0.29) is 11.4 Å². The number of hydrogen-bond acceptors (Lipinski definition) is 2. The molecule has 0 saturated heterocycles. The largest absolute Gasteiger partial charge is 0.374 e. The Balaban J connectivity index is 2.46. The van der Waals surface area contributed by atoms with Gasteiger partial charge in [0.25, 0.3) is 0 Å². The summed E-state index contributed by atoms with van der Waals surface area (Å²) in [7, 11) is 0. The molecule has 3 nitrogen and oxygen atoms in total. The molecule has 0 spiro atoms. The first-order valence-corrected chi connectivity index (χ1v) is 6.85. The van der Waals surface area contributed by atoms with Gasteiger partial charge in [0.15, 0.2) is 0 Å². The maximum atomic E-state index is 13.2. The fraction of sp³-hybridized carbons (Fsp3) is 0.500. The first-order chi connectivity index (χ1) is 8.96. The molecule has 0 aliphatic rings. The van der Waals surface area contributed by atoms with Gasteiger partial charge in [-0.2, -0.15) is 0 Å². The van der Waals surface area contributed by atoms with E-state index in [2.05, 4.69) is 4.98 Å². The molecule has 0 amide bonds. The van der Waals surface area contributed by atoms with E-state index < -0.39 is 0 Å². The maximum absolute atomic E-state index is 13.2. The van der Waals surface area contributed by atoms with Gasteiger partial charge in [0.2, 0.25) is 0 Å². The van der Waals surface area contributed by atoms with Crippen LogP contribution in [0.3, 0.4) is 0 Å². The summed E-state index contributed by atoms with van der Waals surface area (Å²) in [4.78, 5) is 4.37. The molecule has 5 heteroatoms. The van der Waals surface area contributed by atoms with Crippen LogP contribution in [0.5, 0.6) is 0 Å². The predicted molar refractivity (Wildman–Crippen MR) is 75.0 cm³/mol. The molecular weight excluding hydrogens is 267 g/mol. The number of fused-ring (bicyclic) bond motifs is 1. The van der Waals surface area contributed by atoms with Crippen molar-refractivity contribution in [2.24, 2.45) is 0 Å². The van der Waals surface area contributed by atoms with E-state index in [9.17, 15) is 4.39 Å². The minimum Gasteiger partial charge on any atom is -0.374 e. The number of imidazole rings is 1. The smallest absolute Gasteiger partial charge is 0.125 e. The quantitative estimate of drug-likeness (QED) is 0.782. The molecule has 0 bridgehead atoms. The summed E-state index contributed by atoms with van der Waals surface area (Å²) in [6.45, 7) is 7.27. The molecule has 0 radical (unpaired) electrons. The molecule has 2 aromatic rings. The van der Waals surface area contributed by atoms with Crippen molar-refractivity contribution in [2.75, 3.05) is 6.61 Å². The molecule has 1 heterocycles. The molecule has 2 rings (SSSR count). The minimum absolute atomic E-state index is 0.289. The second-order valence-electron chi connectivity index (χ2n) is 5.07. The lowest BCUT2D eigenvalue weighted by atomic mass is 10.1. The highest BCUT2D eigenvalue weighted by atomic mass is 35.5. The van der Waals surface area contributed by atoms with E-state index in [1.54, 1.807) is 6.07 Å². The Bertz CT molecular complexity index is 580. The number of hydrogen-bond donors (Lipinski definition) is 0. The fourth-order valence-corrected chi connectivity index (χ4v) is 2.45. The minimum atomic E-state index is -0.322. The molecule has 1 aromatic carbocycles. The van der Waals surface area contributed by atoms with Gasteiger partial charge in [-0.15, -0.1) is 11.6 Å². The molecular formula is C14H18ClFN2O. The van der Waals surface area contributed by atoms with E-state index in [1.165, 1.54) is 12.1 Å². The van der Waals surface area contributed by atoms with E-state index in [1.807, 2.05) is 25.3 Å². The SMILES string of the molecule is CCOC(C)(C)Cn1c(CCl)nc2cc(F)ccc21. The van der Waals surface area contributed by atoms with Crippen LogP contribution in [0, 0.1) is 5.82 Å². The van der Waals surface area contributed by atoms with Crippen LogP contribution in [-0.2, 0) is 17.2 Å². The summed E-state index contributed by atoms with van der Waals surface area (Å²) in [5, 5.41) is 0. The maximum Gasteiger partial charge on any atom is 0.125 e. The zero-order valence-corrected chi connectivity index (χ0v) is 12.2. The topological polar surface area (TPSA) is 27.1 Å². The van der Waals surface area contributed by atoms with Crippen molar-refractivity contribution in [3.8, 4) is 0 Å². The van der Waals surface area contributed by atoms with Crippen molar-refractivity contribution >= 4 is 22.6 Å². The fourth-order valence-electron chi connectivity index (χ4n) is 2.25. The van der Waals surface area contributed by atoms with Gasteiger partial charge in [0.05, 0.1) is 29.1 Å². The standard InChI is InChI=1S/C14H18ClFN2O/c1-4-19-14(2,3)9-18-12-6-5-10(16)7-11(12)17-13(18)8-15/h5-7H,4,8-9H2,1-3H3. The number of halogens is 2. The van der Waals surface area contributed by atoms with Crippen LogP contribution in [0.15, 0.2) is 18.2 Å². The third-order valence-corrected chi connectivity index (χ3v) is 3.22. The third-order valence-electron chi connectivity index (χ3n) is 2.98. The second kappa shape index (κ2) is 5.47. The molecule has 0 N–H and O–H groups in total. The van der Waals surface area contributed by atoms with Gasteiger partial charge in [-0.1, -0.05) is 0 Å². The molecule has 1 aromatic heterocycles. The first kappa shape index (κ1) is 14.3. The Morgan fingerprint density at radius 3 is 2.79 bits per heavy atom. The van der Waals surface area contributed by atoms with Crippen LogP contribution >= 0.6 is 11.6 Å². The average Bonchev–Trinajstić information content (AvgIpc) is 2.65. The van der Waals surface area contributed by atoms with Crippen molar-refractivity contribution in [3.05, 3.63) is 29.8 Å². The third kappa shape index (κ3) is 3.07. The number of benzene rings is 1. The Morgan fingerprint density at radius 2 is 2.16 bits per heavy atom. The van der Waals surface area contributed by atoms with Gasteiger partial charge in [-0.05, 0) is 32.9 Å². The zero-order chi connectivity index (χ0) is 14.0. The number of aromatic nitrogens is 2. The van der Waals surface area contributed by atoms with Gasteiger partial charge in [-0.3, -0.25) is 0 Å². The Labute approximate surface area is 117 Å². The highest BCUT2D eigenvalue weighted by molar-refractivity contribution is 6.16. The highest BCUT2D eigenvalue weighted by Gasteiger charge is 2.22. The molecule has 0 aliphatic heterocycles. The zero-order valence-electron chi connectivity index (χ0n) is 11.4. The normalized spacial score (nSPS) is 12.3. The van der Waals surface area contributed by atoms with E-state index in [0.29, 0.717) is 24.5 Å². The van der Waals surface area contributed by atoms with Crippen LogP contribution in [0.25, 0.3) is 11.0 Å². The van der Waals surface area contributed by atoms with Crippen molar-refractivity contribution in [1.29, 1.82) is 0 Å². The summed E-state index contributed by atoms with van der Waals surface area (Å²) in [5.41, 5.74) is 1.19. The Kier molecular flexibility index (Phi) is 4.11. The van der Waals surface area contributed by atoms with E-state index >= 15 is 0 Å². The Morgan fingerprint density at radius 1 is 1.42 bits per heavy atom. The molecule has 0 fully saturated rings. The monoisotopic (exact) mass is 284 g/mol. The number of alkyl halides is 1. The first-order valence-electron chi connectivity index (χ1n) is 6.31. The van der Waals surface area contributed by atoms with Crippen LogP contribution in [-0.4, -0.2) is 21.8 Å². The number of nitrogens with zero attached hydrogens (tertiary/aromatic N) is 2. The lowest BCUT2D eigenvalue weighted by Crippen LogP contribution is -2.31. The van der Waals surface area contributed by atoms with Gasteiger partial charge in [0, 0.05) is 12.7 Å². The van der Waals surface area contributed by atoms with Gasteiger partial charge < -0.3 is 9.30 Å². The summed E-state index contributed by atoms with van der Waals surface area (Å²) in [6.07, 6.45) is 0. The molecule has 0 aliphatic carbocycles. The second-order valence-corrected chi connectivity index (χ2v) is 5.34. The van der Waals surface area contributed by atoms with Crippen molar-refractivity contribution in [3.63, 3.8) is 0 Å². The lowest BCUT2D eigenvalue weighted by Gasteiger charge is -2.26. The average molecular weight is 285 g/mol. The molecule has 0 atom stereocenters. The van der Waals surface area contributed by atoms with E-state index in [4.69, 9.17) is 16.3 Å². The lowest BCUT2D eigenvalue weighted by molar-refractivity contribution is -0.0220. The van der Waals surface area contributed by atoms with Crippen LogP contribution in [0.1, 0.15) is 26.6 Å². The van der Waals surface area contributed by atoms with E-state index in [0.717, 1.165) is 11.3 Å². The highest BCUT2D eigenvalue weighted by Crippen LogP contribution is 2.22. The Hall–Kier alpha value is -1.13. The van der Waals surface area contributed by atoms with Crippen molar-refractivity contribution in [1.82, 2.24) is 9.55 Å². The molecule has 19 heavy (non-hydrogen) atoms. The summed E-state index contributed by atoms with van der Waals surface area (Å²) in [5.74, 6) is 0.732. The van der Waals surface area contributed by atoms with Crippen LogP contribution < -0.4 is 0 Å². The number of ether oxygens (including phenoxy) is 1. The van der Waals surface area contributed by atoms with Gasteiger partial charge in [-0.25, -0.2) is 9.37 Å². The van der Waals surface area contributed by atoms with Crippen LogP contribution in [0.4, 0.5) is 4.39 Å². The summed E-state index contributed by atoms with van der Waals surface area (Å²) in [6, 6.07) is 4.59. The predicted octanol–water partition coefficient (Wildman–Crippen LogP) is 3.73. The molecule has 0 unspecified atom stereocenters. The summed E-state index contributed by atoms with van der Waals surface area (Å²) >= 11 is 5.93. The van der Waals surface area contributed by atoms with Crippen molar-refractivity contribution in [2.45, 2.75) is 38.8 Å². The molecule has 0 saturated carbocycles. The van der Waals surface area contributed by atoms with Gasteiger partial charge >= 0.3 is 0 Å². The van der Waals surface area contributed by atoms with Crippen LogP contribution in [0.2, 0.25) is 0 Å².